The fourth-order valence-corrected chi connectivity index (χ4v) is 2.17. The van der Waals surface area contributed by atoms with Crippen LogP contribution in [0, 0.1) is 0 Å². The quantitative estimate of drug-likeness (QED) is 0.632. The average molecular weight is 276 g/mol. The van der Waals surface area contributed by atoms with E-state index in [1.807, 2.05) is 41.5 Å². The van der Waals surface area contributed by atoms with Gasteiger partial charge in [0.05, 0.1) is 16.8 Å². The fraction of sp³-hybridized carbons (Fsp3) is 1.00. The van der Waals surface area contributed by atoms with Crippen LogP contribution in [0.1, 0.15) is 55.4 Å². The van der Waals surface area contributed by atoms with Crippen molar-refractivity contribution in [2.24, 2.45) is 0 Å². The summed E-state index contributed by atoms with van der Waals surface area (Å²) in [5.41, 5.74) is -2.37. The van der Waals surface area contributed by atoms with Gasteiger partial charge in [-0.2, -0.15) is 0 Å². The highest BCUT2D eigenvalue weighted by atomic mass is 32.2. The molecule has 4 nitrogen and oxygen atoms in total. The van der Waals surface area contributed by atoms with Crippen LogP contribution in [0.25, 0.3) is 0 Å². The lowest BCUT2D eigenvalue weighted by Gasteiger charge is -2.36. The number of aliphatic hydroxyl groups is 1. The molecule has 18 heavy (non-hydrogen) atoms. The molecule has 0 saturated carbocycles. The molecule has 6 heteroatoms. The summed E-state index contributed by atoms with van der Waals surface area (Å²) in [4.78, 5) is 0. The highest BCUT2D eigenvalue weighted by molar-refractivity contribution is 8.20. The summed E-state index contributed by atoms with van der Waals surface area (Å²) in [6.45, 7) is 15.1. The van der Waals surface area contributed by atoms with Crippen LogP contribution in [-0.4, -0.2) is 33.9 Å². The summed E-state index contributed by atoms with van der Waals surface area (Å²) in [5, 5.41) is 10.0. The number of rotatable bonds is 4. The molecule has 1 N–H and O–H groups in total. The molecule has 0 bridgehead atoms. The van der Waals surface area contributed by atoms with Gasteiger partial charge in [-0.05, 0) is 55.4 Å². The van der Waals surface area contributed by atoms with Crippen LogP contribution in [0.2, 0.25) is 0 Å². The van der Waals surface area contributed by atoms with E-state index in [-0.39, 0.29) is 11.2 Å². The zero-order valence-corrected chi connectivity index (χ0v) is 13.5. The molecule has 0 aromatic carbocycles. The largest absolute Gasteiger partial charge is 0.560 e. The van der Waals surface area contributed by atoms with E-state index in [1.165, 1.54) is 0 Å². The van der Waals surface area contributed by atoms with E-state index in [2.05, 4.69) is 0 Å². The Morgan fingerprint density at radius 3 is 1.72 bits per heavy atom. The van der Waals surface area contributed by atoms with Crippen molar-refractivity contribution in [3.63, 3.8) is 0 Å². The van der Waals surface area contributed by atoms with Gasteiger partial charge < -0.3 is 18.6 Å². The van der Waals surface area contributed by atoms with E-state index in [0.29, 0.717) is 0 Å². The smallest absolute Gasteiger partial charge is 0.393 e. The lowest BCUT2D eigenvalue weighted by Crippen LogP contribution is -2.46. The molecule has 0 aliphatic carbocycles. The lowest BCUT2D eigenvalue weighted by atomic mass is 9.90. The second-order valence-electron chi connectivity index (χ2n) is 6.79. The highest BCUT2D eigenvalue weighted by Crippen LogP contribution is 2.41. The average Bonchev–Trinajstić information content (AvgIpc) is 2.30. The Bertz CT molecular complexity index is 294. The Hall–Kier alpha value is 0.255. The highest BCUT2D eigenvalue weighted by Gasteiger charge is 2.53. The maximum absolute atomic E-state index is 10.0. The molecule has 1 rings (SSSR count). The third-order valence-corrected chi connectivity index (χ3v) is 4.90. The summed E-state index contributed by atoms with van der Waals surface area (Å²) in [6.07, 6.45) is -0.475. The van der Waals surface area contributed by atoms with Crippen LogP contribution < -0.4 is 0 Å². The molecular formula is C12H25BO4S. The number of hydrogen-bond donors (Lipinski definition) is 1. The van der Waals surface area contributed by atoms with E-state index >= 15 is 0 Å². The number of hydrogen-bond acceptors (Lipinski definition) is 5. The Kier molecular flexibility index (Phi) is 4.23. The van der Waals surface area contributed by atoms with E-state index < -0.39 is 17.6 Å². The molecule has 0 radical (unpaired) electrons. The molecule has 1 heterocycles. The topological polar surface area (TPSA) is 47.9 Å². The predicted octanol–water partition coefficient (Wildman–Crippen LogP) is 2.79. The van der Waals surface area contributed by atoms with Crippen LogP contribution in [0.3, 0.4) is 0 Å². The fourth-order valence-electron chi connectivity index (χ4n) is 1.09. The first-order valence-electron chi connectivity index (χ1n) is 6.21. The monoisotopic (exact) mass is 276 g/mol. The molecule has 0 amide bonds. The van der Waals surface area contributed by atoms with Gasteiger partial charge in [0.2, 0.25) is 0 Å². The van der Waals surface area contributed by atoms with Crippen molar-refractivity contribution in [1.82, 2.24) is 0 Å². The van der Waals surface area contributed by atoms with Crippen LogP contribution in [-0.2, 0) is 13.5 Å². The maximum Gasteiger partial charge on any atom is 0.560 e. The van der Waals surface area contributed by atoms with Gasteiger partial charge in [0.15, 0.2) is 0 Å². The van der Waals surface area contributed by atoms with Crippen molar-refractivity contribution in [2.45, 2.75) is 77.8 Å². The molecule has 0 aromatic rings. The van der Waals surface area contributed by atoms with Crippen LogP contribution >= 0.6 is 11.9 Å². The van der Waals surface area contributed by atoms with Crippen LogP contribution in [0.5, 0.6) is 0 Å². The Morgan fingerprint density at radius 1 is 1.00 bits per heavy atom. The van der Waals surface area contributed by atoms with Crippen molar-refractivity contribution in [3.05, 3.63) is 0 Å². The zero-order valence-electron chi connectivity index (χ0n) is 12.7. The van der Waals surface area contributed by atoms with Gasteiger partial charge in [-0.3, -0.25) is 0 Å². The second kappa shape index (κ2) is 4.67. The van der Waals surface area contributed by atoms with Crippen molar-refractivity contribution in [1.29, 1.82) is 0 Å². The summed E-state index contributed by atoms with van der Waals surface area (Å²) >= 11 is 1.12. The van der Waals surface area contributed by atoms with E-state index in [1.54, 1.807) is 13.8 Å². The minimum absolute atomic E-state index is 0.368. The zero-order chi connectivity index (χ0) is 14.4. The maximum atomic E-state index is 10.0. The first kappa shape index (κ1) is 16.3. The van der Waals surface area contributed by atoms with Crippen molar-refractivity contribution < 1.29 is 18.6 Å². The van der Waals surface area contributed by atoms with Gasteiger partial charge in [-0.15, -0.1) is 0 Å². The molecule has 1 saturated heterocycles. The predicted molar refractivity (Wildman–Crippen MR) is 75.1 cm³/mol. The SMILES string of the molecule is CC(C)(O)C(C)(C)OSB1OC(C)(C)C(C)(C)O1. The van der Waals surface area contributed by atoms with E-state index in [9.17, 15) is 5.11 Å². The van der Waals surface area contributed by atoms with Gasteiger partial charge in [0.25, 0.3) is 0 Å². The summed E-state index contributed by atoms with van der Waals surface area (Å²) < 4.78 is 17.3. The first-order valence-corrected chi connectivity index (χ1v) is 7.01. The first-order chi connectivity index (χ1) is 7.79. The summed E-state index contributed by atoms with van der Waals surface area (Å²) in [6, 6.07) is 0. The molecular weight excluding hydrogens is 251 g/mol. The van der Waals surface area contributed by atoms with Crippen LogP contribution in [0.15, 0.2) is 0 Å². The second-order valence-corrected chi connectivity index (χ2v) is 7.54. The molecule has 106 valence electrons. The van der Waals surface area contributed by atoms with Gasteiger partial charge in [0.1, 0.15) is 5.60 Å². The van der Waals surface area contributed by atoms with Gasteiger partial charge in [-0.1, -0.05) is 0 Å². The molecule has 0 atom stereocenters. The van der Waals surface area contributed by atoms with E-state index in [4.69, 9.17) is 13.5 Å². The lowest BCUT2D eigenvalue weighted by molar-refractivity contribution is -0.0808. The molecule has 0 unspecified atom stereocenters. The van der Waals surface area contributed by atoms with Gasteiger partial charge in [0, 0.05) is 11.9 Å². The van der Waals surface area contributed by atoms with Gasteiger partial charge >= 0.3 is 6.40 Å². The minimum Gasteiger partial charge on any atom is -0.393 e. The Labute approximate surface area is 115 Å². The third-order valence-electron chi connectivity index (χ3n) is 4.04. The van der Waals surface area contributed by atoms with Crippen LogP contribution in [0.4, 0.5) is 0 Å². The van der Waals surface area contributed by atoms with Gasteiger partial charge in [-0.25, -0.2) is 0 Å². The summed E-state index contributed by atoms with van der Waals surface area (Å²) in [5.74, 6) is 0. The molecule has 1 fully saturated rings. The third kappa shape index (κ3) is 3.22. The minimum atomic E-state index is -0.941. The van der Waals surface area contributed by atoms with Crippen molar-refractivity contribution in [3.8, 4) is 0 Å². The normalized spacial score (nSPS) is 23.5. The molecule has 1 aliphatic rings. The van der Waals surface area contributed by atoms with E-state index in [0.717, 1.165) is 11.9 Å². The standard InChI is InChI=1S/C12H25BO4S/c1-9(2,14)10(3,4)17-18-13-15-11(5,6)12(7,8)16-13/h14H,1-8H3. The van der Waals surface area contributed by atoms with Crippen molar-refractivity contribution >= 4 is 18.3 Å². The van der Waals surface area contributed by atoms with Crippen molar-refractivity contribution in [2.75, 3.05) is 0 Å². The molecule has 1 aliphatic heterocycles. The summed E-state index contributed by atoms with van der Waals surface area (Å²) in [7, 11) is 0. The molecule has 0 spiro atoms. The Morgan fingerprint density at radius 2 is 1.39 bits per heavy atom. The Balaban J connectivity index is 2.58. The molecule has 0 aromatic heterocycles.